The number of carbonyl (C=O) groups excluding carboxylic acids is 2. The molecule has 0 heterocycles. The van der Waals surface area contributed by atoms with E-state index in [9.17, 15) is 19.8 Å². The van der Waals surface area contributed by atoms with E-state index in [-0.39, 0.29) is 11.8 Å². The second kappa shape index (κ2) is 16.6. The molecule has 198 valence electrons. The lowest BCUT2D eigenvalue weighted by atomic mass is 9.84. The lowest BCUT2D eigenvalue weighted by Crippen LogP contribution is -2.12. The molecule has 0 saturated heterocycles. The Morgan fingerprint density at radius 3 is 1.25 bits per heavy atom. The van der Waals surface area contributed by atoms with Crippen LogP contribution in [0, 0.1) is 0 Å². The maximum atomic E-state index is 10.2. The standard InChI is InChI=1S/2C12H16O.C6H12N2O2/c2*13-12-9-5-4-8-11(12)10-6-2-1-3-7-10;7-5(9)3-1-2-4-6(8)10/h2*4-5,8-10,13H,1-3,6-7H2;1-4H2,(H2,7,9)(H2,8,10). The van der Waals surface area contributed by atoms with E-state index in [2.05, 4.69) is 12.1 Å². The van der Waals surface area contributed by atoms with Crippen LogP contribution in [-0.4, -0.2) is 22.0 Å². The fourth-order valence-electron chi connectivity index (χ4n) is 5.09. The van der Waals surface area contributed by atoms with Crippen molar-refractivity contribution in [2.45, 2.75) is 102 Å². The Hall–Kier alpha value is -3.02. The van der Waals surface area contributed by atoms with Crippen LogP contribution in [0.1, 0.15) is 113 Å². The van der Waals surface area contributed by atoms with Gasteiger partial charge in [0.2, 0.25) is 11.8 Å². The summed E-state index contributed by atoms with van der Waals surface area (Å²) < 4.78 is 0. The van der Waals surface area contributed by atoms with Gasteiger partial charge in [-0.2, -0.15) is 0 Å². The molecular formula is C30H44N2O4. The molecule has 6 N–H and O–H groups in total. The van der Waals surface area contributed by atoms with Crippen LogP contribution in [0.3, 0.4) is 0 Å². The quantitative estimate of drug-likeness (QED) is 0.331. The van der Waals surface area contributed by atoms with Gasteiger partial charge in [0.25, 0.3) is 0 Å². The van der Waals surface area contributed by atoms with Gasteiger partial charge in [-0.15, -0.1) is 0 Å². The first kappa shape index (κ1) is 29.2. The molecule has 6 nitrogen and oxygen atoms in total. The zero-order valence-electron chi connectivity index (χ0n) is 21.5. The fraction of sp³-hybridized carbons (Fsp3) is 0.533. The lowest BCUT2D eigenvalue weighted by molar-refractivity contribution is -0.119. The Morgan fingerprint density at radius 2 is 0.944 bits per heavy atom. The van der Waals surface area contributed by atoms with Crippen molar-refractivity contribution >= 4 is 11.8 Å². The summed E-state index contributed by atoms with van der Waals surface area (Å²) in [4.78, 5) is 20.3. The van der Waals surface area contributed by atoms with Crippen molar-refractivity contribution in [2.75, 3.05) is 0 Å². The van der Waals surface area contributed by atoms with Crippen LogP contribution in [0.25, 0.3) is 0 Å². The average Bonchev–Trinajstić information content (AvgIpc) is 2.89. The number of primary amides is 2. The molecule has 2 amide bonds. The highest BCUT2D eigenvalue weighted by Gasteiger charge is 2.18. The number of carbonyl (C=O) groups is 2. The number of hydrogen-bond donors (Lipinski definition) is 4. The molecule has 0 atom stereocenters. The maximum absolute atomic E-state index is 10.2. The van der Waals surface area contributed by atoms with Crippen LogP contribution in [0.15, 0.2) is 48.5 Å². The van der Waals surface area contributed by atoms with Crippen molar-refractivity contribution in [3.05, 3.63) is 59.7 Å². The Bertz CT molecular complexity index is 843. The minimum absolute atomic E-state index is 0.329. The number of aromatic hydroxyl groups is 2. The van der Waals surface area contributed by atoms with Crippen molar-refractivity contribution in [2.24, 2.45) is 11.5 Å². The van der Waals surface area contributed by atoms with Gasteiger partial charge in [-0.05, 0) is 73.6 Å². The van der Waals surface area contributed by atoms with Gasteiger partial charge in [0, 0.05) is 12.8 Å². The summed E-state index contributed by atoms with van der Waals surface area (Å²) in [6.45, 7) is 0. The fourth-order valence-corrected chi connectivity index (χ4v) is 5.09. The number of phenols is 2. The first-order valence-corrected chi connectivity index (χ1v) is 13.5. The zero-order valence-corrected chi connectivity index (χ0v) is 21.5. The summed E-state index contributed by atoms with van der Waals surface area (Å²) in [5.74, 6) is 1.52. The van der Waals surface area contributed by atoms with Gasteiger partial charge >= 0.3 is 0 Å². The number of phenolic OH excluding ortho intramolecular Hbond substituents is 2. The van der Waals surface area contributed by atoms with Gasteiger partial charge in [0.05, 0.1) is 0 Å². The molecule has 2 fully saturated rings. The Labute approximate surface area is 216 Å². The zero-order chi connectivity index (χ0) is 26.2. The summed E-state index contributed by atoms with van der Waals surface area (Å²) >= 11 is 0. The van der Waals surface area contributed by atoms with E-state index >= 15 is 0 Å². The van der Waals surface area contributed by atoms with E-state index in [1.54, 1.807) is 12.1 Å². The van der Waals surface area contributed by atoms with Crippen molar-refractivity contribution in [1.82, 2.24) is 0 Å². The van der Waals surface area contributed by atoms with Crippen LogP contribution in [0.5, 0.6) is 11.5 Å². The van der Waals surface area contributed by atoms with E-state index in [0.717, 1.165) is 11.1 Å². The monoisotopic (exact) mass is 496 g/mol. The highest BCUT2D eigenvalue weighted by molar-refractivity contribution is 5.74. The second-order valence-electron chi connectivity index (χ2n) is 9.93. The van der Waals surface area contributed by atoms with Crippen LogP contribution >= 0.6 is 0 Å². The van der Waals surface area contributed by atoms with E-state index in [1.807, 2.05) is 24.3 Å². The normalized spacial score (nSPS) is 16.1. The molecule has 6 heteroatoms. The summed E-state index contributed by atoms with van der Waals surface area (Å²) in [6.07, 6.45) is 15.0. The third kappa shape index (κ3) is 11.1. The molecule has 0 bridgehead atoms. The molecule has 2 saturated carbocycles. The van der Waals surface area contributed by atoms with Gasteiger partial charge < -0.3 is 21.7 Å². The van der Waals surface area contributed by atoms with Crippen LogP contribution in [-0.2, 0) is 9.59 Å². The van der Waals surface area contributed by atoms with E-state index < -0.39 is 0 Å². The number of para-hydroxylation sites is 2. The molecule has 0 aliphatic heterocycles. The molecule has 2 aromatic carbocycles. The topological polar surface area (TPSA) is 127 Å². The summed E-state index contributed by atoms with van der Waals surface area (Å²) in [7, 11) is 0. The smallest absolute Gasteiger partial charge is 0.217 e. The molecule has 2 aliphatic rings. The van der Waals surface area contributed by atoms with E-state index in [0.29, 0.717) is 49.0 Å². The van der Waals surface area contributed by atoms with Crippen LogP contribution < -0.4 is 11.5 Å². The first-order chi connectivity index (χ1) is 17.4. The number of benzene rings is 2. The van der Waals surface area contributed by atoms with Crippen molar-refractivity contribution < 1.29 is 19.8 Å². The summed E-state index contributed by atoms with van der Waals surface area (Å²) in [6, 6.07) is 15.5. The van der Waals surface area contributed by atoms with E-state index in [4.69, 9.17) is 11.5 Å². The number of unbranched alkanes of at least 4 members (excludes halogenated alkanes) is 1. The highest BCUT2D eigenvalue weighted by Crippen LogP contribution is 2.37. The molecule has 0 spiro atoms. The molecule has 2 aliphatic carbocycles. The second-order valence-corrected chi connectivity index (χ2v) is 9.93. The predicted molar refractivity (Wildman–Crippen MR) is 145 cm³/mol. The van der Waals surface area contributed by atoms with Crippen LogP contribution in [0.2, 0.25) is 0 Å². The number of nitrogens with two attached hydrogens (primary N) is 2. The minimum atomic E-state index is -0.329. The summed E-state index contributed by atoms with van der Waals surface area (Å²) in [5.41, 5.74) is 12.0. The number of hydrogen-bond acceptors (Lipinski definition) is 4. The van der Waals surface area contributed by atoms with Crippen molar-refractivity contribution in [3.8, 4) is 11.5 Å². The summed E-state index contributed by atoms with van der Waals surface area (Å²) in [5, 5.41) is 19.3. The first-order valence-electron chi connectivity index (χ1n) is 13.5. The van der Waals surface area contributed by atoms with E-state index in [1.165, 1.54) is 64.2 Å². The Kier molecular flexibility index (Phi) is 13.5. The third-order valence-electron chi connectivity index (χ3n) is 7.06. The highest BCUT2D eigenvalue weighted by atomic mass is 16.3. The van der Waals surface area contributed by atoms with Gasteiger partial charge in [0.1, 0.15) is 11.5 Å². The average molecular weight is 497 g/mol. The Balaban J connectivity index is 0.000000193. The Morgan fingerprint density at radius 1 is 0.611 bits per heavy atom. The number of rotatable bonds is 7. The molecule has 4 rings (SSSR count). The molecule has 0 aromatic heterocycles. The van der Waals surface area contributed by atoms with Crippen molar-refractivity contribution in [3.63, 3.8) is 0 Å². The van der Waals surface area contributed by atoms with Gasteiger partial charge in [-0.25, -0.2) is 0 Å². The van der Waals surface area contributed by atoms with Crippen molar-refractivity contribution in [1.29, 1.82) is 0 Å². The third-order valence-corrected chi connectivity index (χ3v) is 7.06. The lowest BCUT2D eigenvalue weighted by Gasteiger charge is -2.22. The molecule has 0 radical (unpaired) electrons. The molecule has 36 heavy (non-hydrogen) atoms. The van der Waals surface area contributed by atoms with Crippen LogP contribution in [0.4, 0.5) is 0 Å². The molecule has 0 unspecified atom stereocenters. The van der Waals surface area contributed by atoms with Gasteiger partial charge in [-0.1, -0.05) is 74.9 Å². The SMILES string of the molecule is NC(=O)CCCCC(N)=O.Oc1ccccc1C1CCCCC1.Oc1ccccc1C1CCCCC1. The van der Waals surface area contributed by atoms with Gasteiger partial charge in [0.15, 0.2) is 0 Å². The largest absolute Gasteiger partial charge is 0.508 e. The minimum Gasteiger partial charge on any atom is -0.508 e. The molecule has 2 aromatic rings. The predicted octanol–water partition coefficient (Wildman–Crippen LogP) is 6.40. The molecular weight excluding hydrogens is 452 g/mol. The van der Waals surface area contributed by atoms with Gasteiger partial charge in [-0.3, -0.25) is 9.59 Å². The number of amides is 2. The maximum Gasteiger partial charge on any atom is 0.217 e.